The van der Waals surface area contributed by atoms with Crippen LogP contribution in [0.25, 0.3) is 0 Å². The molecule has 2 heterocycles. The smallest absolute Gasteiger partial charge is 0.254 e. The van der Waals surface area contributed by atoms with Gasteiger partial charge in [0.15, 0.2) is 0 Å². The lowest BCUT2D eigenvalue weighted by molar-refractivity contribution is 0.0498. The highest BCUT2D eigenvalue weighted by Crippen LogP contribution is 2.23. The monoisotopic (exact) mass is 363 g/mol. The second kappa shape index (κ2) is 6.93. The van der Waals surface area contributed by atoms with Crippen molar-refractivity contribution in [2.75, 3.05) is 26.2 Å². The lowest BCUT2D eigenvalue weighted by Crippen LogP contribution is -2.50. The standard InChI is InChI=1S/C16H21N5O3S/c1-3-20(4-2)25(23,24)15-7-5-13(6-8-15)16(22)19-11-14(12-19)21-10-9-17-18-21/h5-10,14H,3-4,11-12H2,1-2H3. The third-order valence-corrected chi connectivity index (χ3v) is 6.47. The van der Waals surface area contributed by atoms with E-state index in [9.17, 15) is 13.2 Å². The minimum Gasteiger partial charge on any atom is -0.334 e. The summed E-state index contributed by atoms with van der Waals surface area (Å²) in [5, 5.41) is 7.70. The SMILES string of the molecule is CCN(CC)S(=O)(=O)c1ccc(C(=O)N2CC(n3ccnn3)C2)cc1. The number of amides is 1. The molecule has 1 amide bonds. The van der Waals surface area contributed by atoms with Crippen LogP contribution in [-0.2, 0) is 10.0 Å². The molecule has 1 aliphatic rings. The van der Waals surface area contributed by atoms with Crippen LogP contribution < -0.4 is 0 Å². The fourth-order valence-electron chi connectivity index (χ4n) is 2.87. The van der Waals surface area contributed by atoms with Crippen molar-refractivity contribution >= 4 is 15.9 Å². The normalized spacial score (nSPS) is 15.4. The Morgan fingerprint density at radius 2 is 1.84 bits per heavy atom. The highest BCUT2D eigenvalue weighted by molar-refractivity contribution is 7.89. The van der Waals surface area contributed by atoms with Gasteiger partial charge in [-0.05, 0) is 24.3 Å². The van der Waals surface area contributed by atoms with E-state index in [2.05, 4.69) is 10.3 Å². The summed E-state index contributed by atoms with van der Waals surface area (Å²) in [5.74, 6) is -0.108. The van der Waals surface area contributed by atoms with Crippen molar-refractivity contribution < 1.29 is 13.2 Å². The number of rotatable bonds is 6. The first-order chi connectivity index (χ1) is 12.0. The number of hydrogen-bond donors (Lipinski definition) is 0. The van der Waals surface area contributed by atoms with Crippen LogP contribution in [0.1, 0.15) is 30.2 Å². The fraction of sp³-hybridized carbons (Fsp3) is 0.438. The molecule has 8 nitrogen and oxygen atoms in total. The van der Waals surface area contributed by atoms with Gasteiger partial charge in [0.05, 0.1) is 17.1 Å². The third-order valence-electron chi connectivity index (χ3n) is 4.41. The first kappa shape index (κ1) is 17.6. The van der Waals surface area contributed by atoms with Crippen molar-refractivity contribution in [2.45, 2.75) is 24.8 Å². The molecule has 1 saturated heterocycles. The average molecular weight is 363 g/mol. The Morgan fingerprint density at radius 1 is 1.20 bits per heavy atom. The van der Waals surface area contributed by atoms with Crippen molar-refractivity contribution in [2.24, 2.45) is 0 Å². The lowest BCUT2D eigenvalue weighted by atomic mass is 10.1. The number of sulfonamides is 1. The van der Waals surface area contributed by atoms with E-state index in [4.69, 9.17) is 0 Å². The van der Waals surface area contributed by atoms with Gasteiger partial charge < -0.3 is 4.90 Å². The van der Waals surface area contributed by atoms with Gasteiger partial charge in [-0.1, -0.05) is 19.1 Å². The van der Waals surface area contributed by atoms with E-state index in [0.29, 0.717) is 31.7 Å². The molecule has 0 N–H and O–H groups in total. The molecular formula is C16H21N5O3S. The van der Waals surface area contributed by atoms with Crippen LogP contribution in [0.5, 0.6) is 0 Å². The molecule has 0 spiro atoms. The van der Waals surface area contributed by atoms with Crippen LogP contribution in [-0.4, -0.2) is 64.7 Å². The number of benzene rings is 1. The molecule has 0 bridgehead atoms. The molecule has 2 aromatic rings. The third kappa shape index (κ3) is 3.29. The zero-order chi connectivity index (χ0) is 18.0. The zero-order valence-electron chi connectivity index (χ0n) is 14.2. The van der Waals surface area contributed by atoms with E-state index < -0.39 is 10.0 Å². The molecule has 1 aliphatic heterocycles. The molecule has 3 rings (SSSR count). The fourth-order valence-corrected chi connectivity index (χ4v) is 4.32. The Bertz CT molecular complexity index is 823. The summed E-state index contributed by atoms with van der Waals surface area (Å²) in [6.45, 7) is 5.57. The molecule has 0 unspecified atom stereocenters. The second-order valence-corrected chi connectivity index (χ2v) is 7.80. The lowest BCUT2D eigenvalue weighted by Gasteiger charge is -2.38. The molecule has 25 heavy (non-hydrogen) atoms. The van der Waals surface area contributed by atoms with E-state index in [1.54, 1.807) is 48.0 Å². The summed E-state index contributed by atoms with van der Waals surface area (Å²) < 4.78 is 28.1. The molecule has 0 aliphatic carbocycles. The number of aromatic nitrogens is 3. The van der Waals surface area contributed by atoms with Gasteiger partial charge in [0.1, 0.15) is 0 Å². The van der Waals surface area contributed by atoms with Crippen LogP contribution in [0.3, 0.4) is 0 Å². The van der Waals surface area contributed by atoms with Gasteiger partial charge in [-0.3, -0.25) is 4.79 Å². The minimum absolute atomic E-state index is 0.108. The summed E-state index contributed by atoms with van der Waals surface area (Å²) in [7, 11) is -3.50. The Labute approximate surface area is 147 Å². The summed E-state index contributed by atoms with van der Waals surface area (Å²) >= 11 is 0. The highest BCUT2D eigenvalue weighted by atomic mass is 32.2. The van der Waals surface area contributed by atoms with Crippen LogP contribution in [0.4, 0.5) is 0 Å². The van der Waals surface area contributed by atoms with Crippen LogP contribution in [0.15, 0.2) is 41.6 Å². The number of carbonyl (C=O) groups excluding carboxylic acids is 1. The summed E-state index contributed by atoms with van der Waals surface area (Å²) in [5.41, 5.74) is 0.482. The molecule has 1 aromatic carbocycles. The molecule has 9 heteroatoms. The van der Waals surface area contributed by atoms with Crippen molar-refractivity contribution in [3.63, 3.8) is 0 Å². The van der Waals surface area contributed by atoms with Crippen molar-refractivity contribution in [1.82, 2.24) is 24.2 Å². The van der Waals surface area contributed by atoms with Crippen molar-refractivity contribution in [3.8, 4) is 0 Å². The Hall–Kier alpha value is -2.26. The van der Waals surface area contributed by atoms with Gasteiger partial charge in [0.25, 0.3) is 5.91 Å². The quantitative estimate of drug-likeness (QED) is 0.764. The number of hydrogen-bond acceptors (Lipinski definition) is 5. The van der Waals surface area contributed by atoms with Crippen molar-refractivity contribution in [3.05, 3.63) is 42.2 Å². The van der Waals surface area contributed by atoms with Gasteiger partial charge in [0, 0.05) is 37.9 Å². The minimum atomic E-state index is -3.50. The first-order valence-electron chi connectivity index (χ1n) is 8.22. The van der Waals surface area contributed by atoms with Gasteiger partial charge in [-0.2, -0.15) is 4.31 Å². The van der Waals surface area contributed by atoms with E-state index in [1.165, 1.54) is 16.4 Å². The van der Waals surface area contributed by atoms with E-state index in [-0.39, 0.29) is 16.8 Å². The van der Waals surface area contributed by atoms with E-state index in [0.717, 1.165) is 0 Å². The molecule has 0 saturated carbocycles. The predicted octanol–water partition coefficient (Wildman–Crippen LogP) is 1.01. The van der Waals surface area contributed by atoms with Crippen LogP contribution >= 0.6 is 0 Å². The molecule has 0 radical (unpaired) electrons. The van der Waals surface area contributed by atoms with E-state index in [1.807, 2.05) is 0 Å². The maximum Gasteiger partial charge on any atom is 0.254 e. The molecule has 0 atom stereocenters. The Kier molecular flexibility index (Phi) is 4.87. The summed E-state index contributed by atoms with van der Waals surface area (Å²) in [6.07, 6.45) is 3.39. The molecule has 134 valence electrons. The molecule has 1 fully saturated rings. The number of carbonyl (C=O) groups is 1. The van der Waals surface area contributed by atoms with Gasteiger partial charge in [-0.25, -0.2) is 13.1 Å². The summed E-state index contributed by atoms with van der Waals surface area (Å²) in [4.78, 5) is 14.4. The number of nitrogens with zero attached hydrogens (tertiary/aromatic N) is 5. The predicted molar refractivity (Wildman–Crippen MR) is 91.5 cm³/mol. The highest BCUT2D eigenvalue weighted by Gasteiger charge is 2.33. The Morgan fingerprint density at radius 3 is 2.36 bits per heavy atom. The average Bonchev–Trinajstić information content (AvgIpc) is 3.08. The maximum atomic E-state index is 12.5. The zero-order valence-corrected chi connectivity index (χ0v) is 15.1. The largest absolute Gasteiger partial charge is 0.334 e. The molecular weight excluding hydrogens is 342 g/mol. The topological polar surface area (TPSA) is 88.4 Å². The summed E-state index contributed by atoms with van der Waals surface area (Å²) in [6, 6.07) is 6.28. The van der Waals surface area contributed by atoms with Gasteiger partial charge in [-0.15, -0.1) is 5.10 Å². The Balaban J connectivity index is 1.68. The van der Waals surface area contributed by atoms with Crippen LogP contribution in [0, 0.1) is 0 Å². The van der Waals surface area contributed by atoms with Gasteiger partial charge in [0.2, 0.25) is 10.0 Å². The molecule has 1 aromatic heterocycles. The number of likely N-dealkylation sites (tertiary alicyclic amines) is 1. The van der Waals surface area contributed by atoms with Crippen molar-refractivity contribution in [1.29, 1.82) is 0 Å². The van der Waals surface area contributed by atoms with Gasteiger partial charge >= 0.3 is 0 Å². The maximum absolute atomic E-state index is 12.5. The first-order valence-corrected chi connectivity index (χ1v) is 9.66. The van der Waals surface area contributed by atoms with Crippen LogP contribution in [0.2, 0.25) is 0 Å². The second-order valence-electron chi connectivity index (χ2n) is 5.86. The van der Waals surface area contributed by atoms with E-state index >= 15 is 0 Å².